The lowest BCUT2D eigenvalue weighted by Crippen LogP contribution is -1.88. The van der Waals surface area contributed by atoms with Crippen LogP contribution in [0, 0.1) is 6.57 Å². The van der Waals surface area contributed by atoms with Crippen molar-refractivity contribution in [3.8, 4) is 0 Å². The minimum absolute atomic E-state index is 0.603. The fraction of sp³-hybridized carbons (Fsp3) is 0.364. The van der Waals surface area contributed by atoms with E-state index in [-0.39, 0.29) is 0 Å². The first-order valence-corrected chi connectivity index (χ1v) is 4.28. The summed E-state index contributed by atoms with van der Waals surface area (Å²) in [6.07, 6.45) is 1.97. The van der Waals surface area contributed by atoms with Gasteiger partial charge in [0.1, 0.15) is 0 Å². The van der Waals surface area contributed by atoms with Crippen molar-refractivity contribution in [2.24, 2.45) is 0 Å². The Morgan fingerprint density at radius 2 is 1.75 bits per heavy atom. The molecule has 12 heavy (non-hydrogen) atoms. The van der Waals surface area contributed by atoms with Gasteiger partial charge in [0.2, 0.25) is 6.54 Å². The first kappa shape index (κ1) is 8.80. The average Bonchev–Trinajstić information content (AvgIpc) is 2.15. The first-order valence-electron chi connectivity index (χ1n) is 4.28. The number of nitrogens with zero attached hydrogens (tertiary/aromatic N) is 1. The zero-order chi connectivity index (χ0) is 8.81. The molecular formula is C11H13N. The van der Waals surface area contributed by atoms with Crippen LogP contribution in [0.4, 0.5) is 0 Å². The quantitative estimate of drug-likeness (QED) is 0.597. The van der Waals surface area contributed by atoms with Crippen LogP contribution >= 0.6 is 0 Å². The van der Waals surface area contributed by atoms with E-state index in [2.05, 4.69) is 36.0 Å². The molecule has 1 heteroatoms. The summed E-state index contributed by atoms with van der Waals surface area (Å²) >= 11 is 0. The summed E-state index contributed by atoms with van der Waals surface area (Å²) in [6, 6.07) is 8.51. The third-order valence-electron chi connectivity index (χ3n) is 1.94. The van der Waals surface area contributed by atoms with Crippen molar-refractivity contribution in [2.75, 3.05) is 6.54 Å². The summed E-state index contributed by atoms with van der Waals surface area (Å²) < 4.78 is 0. The first-order chi connectivity index (χ1) is 5.86. The summed E-state index contributed by atoms with van der Waals surface area (Å²) in [6.45, 7) is 9.40. The Morgan fingerprint density at radius 1 is 1.17 bits per heavy atom. The summed E-state index contributed by atoms with van der Waals surface area (Å²) in [7, 11) is 0. The highest BCUT2D eigenvalue weighted by atomic mass is 14.6. The third kappa shape index (κ3) is 2.39. The Bertz CT molecular complexity index is 266. The zero-order valence-electron chi connectivity index (χ0n) is 7.38. The Morgan fingerprint density at radius 3 is 2.25 bits per heavy atom. The molecule has 0 saturated carbocycles. The van der Waals surface area contributed by atoms with Gasteiger partial charge in [0.25, 0.3) is 0 Å². The maximum atomic E-state index is 6.66. The Hall–Kier alpha value is -1.29. The molecule has 0 N–H and O–H groups in total. The minimum Gasteiger partial charge on any atom is -0.317 e. The van der Waals surface area contributed by atoms with E-state index >= 15 is 0 Å². The normalized spacial score (nSPS) is 9.33. The van der Waals surface area contributed by atoms with Gasteiger partial charge in [-0.1, -0.05) is 31.2 Å². The second-order valence-electron chi connectivity index (χ2n) is 2.80. The van der Waals surface area contributed by atoms with E-state index in [4.69, 9.17) is 6.57 Å². The molecule has 0 saturated heterocycles. The topological polar surface area (TPSA) is 4.36 Å². The van der Waals surface area contributed by atoms with E-state index in [0.29, 0.717) is 6.54 Å². The summed E-state index contributed by atoms with van der Waals surface area (Å²) in [5.74, 6) is 0. The second-order valence-corrected chi connectivity index (χ2v) is 2.80. The van der Waals surface area contributed by atoms with Gasteiger partial charge in [0.05, 0.1) is 0 Å². The van der Waals surface area contributed by atoms with Gasteiger partial charge < -0.3 is 4.85 Å². The number of hydrogen-bond acceptors (Lipinski definition) is 0. The van der Waals surface area contributed by atoms with E-state index in [1.54, 1.807) is 0 Å². The molecule has 0 fully saturated rings. The molecule has 1 aromatic rings. The van der Waals surface area contributed by atoms with Crippen molar-refractivity contribution in [3.63, 3.8) is 0 Å². The van der Waals surface area contributed by atoms with Gasteiger partial charge in [-0.05, 0) is 17.5 Å². The van der Waals surface area contributed by atoms with Gasteiger partial charge in [-0.3, -0.25) is 0 Å². The molecule has 1 aromatic carbocycles. The summed E-state index contributed by atoms with van der Waals surface area (Å²) in [5, 5.41) is 0. The Balaban J connectivity index is 2.60. The fourth-order valence-electron chi connectivity index (χ4n) is 1.13. The molecule has 0 bridgehead atoms. The number of benzene rings is 1. The smallest absolute Gasteiger partial charge is 0.218 e. The second kappa shape index (κ2) is 4.56. The molecule has 0 aromatic heterocycles. The number of hydrogen-bond donors (Lipinski definition) is 0. The molecule has 0 aliphatic carbocycles. The highest BCUT2D eigenvalue weighted by Gasteiger charge is 1.94. The highest BCUT2D eigenvalue weighted by molar-refractivity contribution is 5.22. The van der Waals surface area contributed by atoms with E-state index in [1.807, 2.05) is 0 Å². The largest absolute Gasteiger partial charge is 0.317 e. The van der Waals surface area contributed by atoms with Crippen LogP contribution in [-0.4, -0.2) is 6.54 Å². The number of rotatable bonds is 3. The van der Waals surface area contributed by atoms with Crippen LogP contribution in [0.3, 0.4) is 0 Å². The van der Waals surface area contributed by atoms with Gasteiger partial charge in [-0.25, -0.2) is 6.57 Å². The van der Waals surface area contributed by atoms with Crippen molar-refractivity contribution in [2.45, 2.75) is 19.8 Å². The molecule has 0 unspecified atom stereocenters. The Kier molecular flexibility index (Phi) is 3.35. The zero-order valence-corrected chi connectivity index (χ0v) is 7.38. The molecule has 0 spiro atoms. The molecule has 0 atom stereocenters. The van der Waals surface area contributed by atoms with Crippen LogP contribution < -0.4 is 0 Å². The van der Waals surface area contributed by atoms with Gasteiger partial charge in [-0.2, -0.15) is 0 Å². The lowest BCUT2D eigenvalue weighted by atomic mass is 10.1. The van der Waals surface area contributed by atoms with E-state index in [1.165, 1.54) is 11.1 Å². The lowest BCUT2D eigenvalue weighted by Gasteiger charge is -1.97. The van der Waals surface area contributed by atoms with Crippen molar-refractivity contribution < 1.29 is 0 Å². The molecule has 0 amide bonds. The van der Waals surface area contributed by atoms with E-state index in [0.717, 1.165) is 12.8 Å². The number of aryl methyl sites for hydroxylation is 1. The van der Waals surface area contributed by atoms with Crippen molar-refractivity contribution >= 4 is 0 Å². The summed E-state index contributed by atoms with van der Waals surface area (Å²) in [4.78, 5) is 3.32. The van der Waals surface area contributed by atoms with Gasteiger partial charge in [-0.15, -0.1) is 0 Å². The molecular weight excluding hydrogens is 146 g/mol. The monoisotopic (exact) mass is 159 g/mol. The lowest BCUT2D eigenvalue weighted by molar-refractivity contribution is 1.06. The molecule has 0 aliphatic rings. The van der Waals surface area contributed by atoms with Gasteiger partial charge in [0.15, 0.2) is 0 Å². The minimum atomic E-state index is 0.603. The summed E-state index contributed by atoms with van der Waals surface area (Å²) in [5.41, 5.74) is 2.63. The van der Waals surface area contributed by atoms with Crippen LogP contribution in [0.25, 0.3) is 4.85 Å². The van der Waals surface area contributed by atoms with Crippen LogP contribution in [-0.2, 0) is 12.8 Å². The molecule has 1 nitrogen and oxygen atoms in total. The van der Waals surface area contributed by atoms with Crippen molar-refractivity contribution in [3.05, 3.63) is 46.8 Å². The van der Waals surface area contributed by atoms with E-state index in [9.17, 15) is 0 Å². The Labute approximate surface area is 73.9 Å². The van der Waals surface area contributed by atoms with Gasteiger partial charge in [0, 0.05) is 6.42 Å². The molecule has 0 radical (unpaired) electrons. The predicted molar refractivity (Wildman–Crippen MR) is 51.0 cm³/mol. The third-order valence-corrected chi connectivity index (χ3v) is 1.94. The van der Waals surface area contributed by atoms with Gasteiger partial charge >= 0.3 is 0 Å². The van der Waals surface area contributed by atoms with Crippen LogP contribution in [0.15, 0.2) is 24.3 Å². The van der Waals surface area contributed by atoms with E-state index < -0.39 is 0 Å². The average molecular weight is 159 g/mol. The predicted octanol–water partition coefficient (Wildman–Crippen LogP) is 2.71. The van der Waals surface area contributed by atoms with Crippen LogP contribution in [0.1, 0.15) is 18.1 Å². The van der Waals surface area contributed by atoms with Crippen LogP contribution in [0.5, 0.6) is 0 Å². The maximum Gasteiger partial charge on any atom is 0.218 e. The SMILES string of the molecule is [C-]#[N+]CCc1ccc(CC)cc1. The highest BCUT2D eigenvalue weighted by Crippen LogP contribution is 2.05. The molecule has 0 heterocycles. The molecule has 62 valence electrons. The molecule has 0 aliphatic heterocycles. The van der Waals surface area contributed by atoms with Crippen molar-refractivity contribution in [1.29, 1.82) is 0 Å². The maximum absolute atomic E-state index is 6.66. The fourth-order valence-corrected chi connectivity index (χ4v) is 1.13. The van der Waals surface area contributed by atoms with Crippen molar-refractivity contribution in [1.82, 2.24) is 0 Å². The standard InChI is InChI=1S/C11H13N/c1-3-10-4-6-11(7-5-10)8-9-12-2/h4-7H,3,8-9H2,1H3. The molecule has 1 rings (SSSR count). The van der Waals surface area contributed by atoms with Crippen LogP contribution in [0.2, 0.25) is 0 Å².